The Morgan fingerprint density at radius 3 is 0.892 bits per heavy atom. The van der Waals surface area contributed by atoms with Crippen molar-refractivity contribution in [1.29, 1.82) is 0 Å². The minimum Gasteiger partial charge on any atom is -0.311 e. The van der Waals surface area contributed by atoms with Gasteiger partial charge in [0.2, 0.25) is 0 Å². The molecule has 0 bridgehead atoms. The molecule has 13 aromatic carbocycles. The molecule has 490 valence electrons. The van der Waals surface area contributed by atoms with Crippen LogP contribution >= 0.6 is 0 Å². The zero-order chi connectivity index (χ0) is 68.4. The first-order valence-electron chi connectivity index (χ1n) is 36.9. The average molecular weight is 1310 g/mol. The molecule has 21 rings (SSSR count). The summed E-state index contributed by atoms with van der Waals surface area (Å²) in [6, 6.07) is 108. The Hall–Kier alpha value is -11.2. The molecular formula is C94H78B2N6. The van der Waals surface area contributed by atoms with E-state index in [0.29, 0.717) is 0 Å². The Labute approximate surface area is 598 Å². The van der Waals surface area contributed by atoms with E-state index in [1.165, 1.54) is 144 Å². The van der Waals surface area contributed by atoms with Crippen LogP contribution in [0.5, 0.6) is 0 Å². The van der Waals surface area contributed by atoms with Gasteiger partial charge < -0.3 is 28.7 Å². The summed E-state index contributed by atoms with van der Waals surface area (Å²) in [5.41, 5.74) is 34.7. The van der Waals surface area contributed by atoms with E-state index >= 15 is 0 Å². The highest BCUT2D eigenvalue weighted by Gasteiger charge is 2.50. The highest BCUT2D eigenvalue weighted by Crippen LogP contribution is 2.55. The molecule has 0 saturated carbocycles. The van der Waals surface area contributed by atoms with Crippen molar-refractivity contribution in [3.05, 3.63) is 301 Å². The number of hydrogen-bond acceptors (Lipinski definition) is 4. The third-order valence-corrected chi connectivity index (χ3v) is 24.9. The zero-order valence-corrected chi connectivity index (χ0v) is 59.2. The fraction of sp³-hybridized carbons (Fsp3) is 0.170. The molecule has 2 aliphatic carbocycles. The maximum atomic E-state index is 2.69. The van der Waals surface area contributed by atoms with Gasteiger partial charge in [-0.15, -0.1) is 0 Å². The van der Waals surface area contributed by atoms with Gasteiger partial charge in [0, 0.05) is 89.8 Å². The largest absolute Gasteiger partial charge is 0.311 e. The zero-order valence-electron chi connectivity index (χ0n) is 59.2. The van der Waals surface area contributed by atoms with Gasteiger partial charge in [-0.05, 0) is 218 Å². The maximum Gasteiger partial charge on any atom is 0.252 e. The number of anilines is 12. The molecule has 0 unspecified atom stereocenters. The van der Waals surface area contributed by atoms with E-state index in [-0.39, 0.29) is 35.1 Å². The molecule has 6 aliphatic rings. The van der Waals surface area contributed by atoms with Crippen LogP contribution in [0.1, 0.15) is 103 Å². The number of hydrogen-bond donors (Lipinski definition) is 0. The van der Waals surface area contributed by atoms with Crippen LogP contribution in [0.2, 0.25) is 0 Å². The molecule has 6 heterocycles. The quantitative estimate of drug-likeness (QED) is 0.155. The predicted octanol–water partition coefficient (Wildman–Crippen LogP) is 20.7. The van der Waals surface area contributed by atoms with Gasteiger partial charge in [0.15, 0.2) is 0 Å². The van der Waals surface area contributed by atoms with E-state index in [1.54, 1.807) is 0 Å². The van der Waals surface area contributed by atoms with Crippen LogP contribution in [0, 0.1) is 0 Å². The maximum absolute atomic E-state index is 2.69. The van der Waals surface area contributed by atoms with Crippen LogP contribution in [-0.2, 0) is 21.7 Å². The molecule has 0 amide bonds. The first-order valence-corrected chi connectivity index (χ1v) is 36.9. The molecule has 2 aromatic heterocycles. The highest BCUT2D eigenvalue weighted by atomic mass is 15.2. The van der Waals surface area contributed by atoms with Gasteiger partial charge in [-0.2, -0.15) is 0 Å². The summed E-state index contributed by atoms with van der Waals surface area (Å²) in [6.07, 6.45) is 4.57. The molecule has 0 spiro atoms. The lowest BCUT2D eigenvalue weighted by atomic mass is 9.30. The molecule has 0 radical (unpaired) electrons. The standard InChI is InChI=1S/C94H78B2N6/c1-91(2)47-49-93(5,6)71-51-61(43-45-69(71)91)99-81-41-25-19-35-73(81)95-75-57-76-84(58-83(75)97(59-27-11-9-12-28-59)85-53-63(55-87(99)89(85)95)101-77-37-21-15-31-65(77)66-32-16-22-38-78(66)101)98(60-29-13-10-14-30-60)86-54-64(102-79-39-23-17-33-67(79)68-34-18-24-40-80(68)102)56-88-90(86)96(76)74-36-20-26-42-82(74)100(88)62-44-46-70-72(52-62)94(7,8)50-48-92(70,3)4/h9-46,51-58H,47-50H2,1-8H3. The summed E-state index contributed by atoms with van der Waals surface area (Å²) in [5.74, 6) is 0. The van der Waals surface area contributed by atoms with Gasteiger partial charge in [0.05, 0.1) is 33.4 Å². The summed E-state index contributed by atoms with van der Waals surface area (Å²) in [7, 11) is 0. The van der Waals surface area contributed by atoms with Gasteiger partial charge in [0.25, 0.3) is 13.4 Å². The van der Waals surface area contributed by atoms with Gasteiger partial charge in [-0.1, -0.05) is 219 Å². The van der Waals surface area contributed by atoms with Crippen LogP contribution < -0.4 is 52.4 Å². The van der Waals surface area contributed by atoms with Gasteiger partial charge in [-0.25, -0.2) is 0 Å². The highest BCUT2D eigenvalue weighted by molar-refractivity contribution is 7.03. The number of fused-ring (bicyclic) bond motifs is 16. The lowest BCUT2D eigenvalue weighted by Crippen LogP contribution is -2.65. The number of benzene rings is 13. The molecule has 0 atom stereocenters. The van der Waals surface area contributed by atoms with E-state index < -0.39 is 0 Å². The minimum absolute atomic E-state index is 0.00672. The van der Waals surface area contributed by atoms with Gasteiger partial charge in [-0.3, -0.25) is 0 Å². The fourth-order valence-corrected chi connectivity index (χ4v) is 19.7. The van der Waals surface area contributed by atoms with Crippen LogP contribution in [0.4, 0.5) is 68.2 Å². The van der Waals surface area contributed by atoms with Crippen molar-refractivity contribution in [1.82, 2.24) is 9.13 Å². The fourth-order valence-electron chi connectivity index (χ4n) is 19.7. The summed E-state index contributed by atoms with van der Waals surface area (Å²) >= 11 is 0. The van der Waals surface area contributed by atoms with Crippen molar-refractivity contribution in [3.63, 3.8) is 0 Å². The van der Waals surface area contributed by atoms with Crippen molar-refractivity contribution in [3.8, 4) is 11.4 Å². The van der Waals surface area contributed by atoms with Crippen LogP contribution in [0.3, 0.4) is 0 Å². The Kier molecular flexibility index (Phi) is 12.4. The van der Waals surface area contributed by atoms with Crippen molar-refractivity contribution < 1.29 is 0 Å². The van der Waals surface area contributed by atoms with Crippen LogP contribution in [0.25, 0.3) is 55.0 Å². The molecule has 0 saturated heterocycles. The Balaban J connectivity index is 0.882. The van der Waals surface area contributed by atoms with Crippen LogP contribution in [0.15, 0.2) is 279 Å². The summed E-state index contributed by atoms with van der Waals surface area (Å²) in [4.78, 5) is 10.6. The van der Waals surface area contributed by atoms with Crippen molar-refractivity contribution in [2.24, 2.45) is 0 Å². The lowest BCUT2D eigenvalue weighted by Gasteiger charge is -2.48. The van der Waals surface area contributed by atoms with Gasteiger partial charge in [0.1, 0.15) is 0 Å². The second kappa shape index (κ2) is 21.2. The van der Waals surface area contributed by atoms with E-state index in [0.717, 1.165) is 59.8 Å². The Morgan fingerprint density at radius 1 is 0.225 bits per heavy atom. The molecule has 4 aliphatic heterocycles. The first-order chi connectivity index (χ1) is 49.6. The SMILES string of the molecule is CC1(C)CCC(C)(C)c2cc(N3c4ccccc4B4c5cc6c(cc5N(c5ccccc5)c5cc(-n7c8ccccc8c8ccccc87)cc3c54)N(c3ccccc3)c3cc(-n4c5ccccc5c5ccccc54)cc4c3B6c3ccccc3N4c3ccc4c(c3)C(C)(C)CCC4(C)C)ccc21. The predicted molar refractivity (Wildman–Crippen MR) is 434 cm³/mol. The third kappa shape index (κ3) is 8.32. The monoisotopic (exact) mass is 1310 g/mol. The van der Waals surface area contributed by atoms with Gasteiger partial charge >= 0.3 is 0 Å². The summed E-state index contributed by atoms with van der Waals surface area (Å²) < 4.78 is 5.07. The van der Waals surface area contributed by atoms with E-state index in [1.807, 2.05) is 0 Å². The second-order valence-corrected chi connectivity index (χ2v) is 32.5. The molecule has 0 fully saturated rings. The molecular weight excluding hydrogens is 1230 g/mol. The minimum atomic E-state index is -0.162. The Morgan fingerprint density at radius 2 is 0.529 bits per heavy atom. The summed E-state index contributed by atoms with van der Waals surface area (Å²) in [6.45, 7) is 19.3. The number of nitrogens with zero attached hydrogens (tertiary/aromatic N) is 6. The van der Waals surface area contributed by atoms with Crippen molar-refractivity contribution in [2.45, 2.75) is 103 Å². The molecule has 102 heavy (non-hydrogen) atoms. The van der Waals surface area contributed by atoms with E-state index in [9.17, 15) is 0 Å². The topological polar surface area (TPSA) is 22.8 Å². The lowest BCUT2D eigenvalue weighted by molar-refractivity contribution is 0.332. The third-order valence-electron chi connectivity index (χ3n) is 24.9. The summed E-state index contributed by atoms with van der Waals surface area (Å²) in [5, 5.41) is 4.96. The number of para-hydroxylation sites is 8. The second-order valence-electron chi connectivity index (χ2n) is 32.5. The number of rotatable bonds is 6. The van der Waals surface area contributed by atoms with Crippen LogP contribution in [-0.4, -0.2) is 22.6 Å². The van der Waals surface area contributed by atoms with Crippen molar-refractivity contribution >= 4 is 158 Å². The molecule has 0 N–H and O–H groups in total. The Bertz CT molecular complexity index is 5620. The molecule has 15 aromatic rings. The molecule has 8 heteroatoms. The normalized spacial score (nSPS) is 16.7. The van der Waals surface area contributed by atoms with Crippen molar-refractivity contribution in [2.75, 3.05) is 19.6 Å². The van der Waals surface area contributed by atoms with E-state index in [4.69, 9.17) is 0 Å². The number of aromatic nitrogens is 2. The van der Waals surface area contributed by atoms with E-state index in [2.05, 4.69) is 363 Å². The smallest absolute Gasteiger partial charge is 0.252 e. The first kappa shape index (κ1) is 59.6. The molecule has 6 nitrogen and oxygen atoms in total. The average Bonchev–Trinajstić information content (AvgIpc) is 1.05.